The van der Waals surface area contributed by atoms with Crippen LogP contribution in [0, 0.1) is 17.8 Å². The van der Waals surface area contributed by atoms with Gasteiger partial charge in [0.15, 0.2) is 12.2 Å². The van der Waals surface area contributed by atoms with Crippen LogP contribution >= 0.6 is 15.6 Å². The van der Waals surface area contributed by atoms with E-state index in [0.29, 0.717) is 31.6 Å². The molecule has 17 nitrogen and oxygen atoms in total. The number of phosphoric ester groups is 2. The molecule has 3 N–H and O–H groups in total. The van der Waals surface area contributed by atoms with E-state index in [-0.39, 0.29) is 25.7 Å². The lowest BCUT2D eigenvalue weighted by Crippen LogP contribution is -2.30. The molecule has 0 aromatic heterocycles. The second-order valence-electron chi connectivity index (χ2n) is 28.8. The molecule has 0 aromatic carbocycles. The van der Waals surface area contributed by atoms with E-state index in [1.165, 1.54) is 193 Å². The summed E-state index contributed by atoms with van der Waals surface area (Å²) in [5.41, 5.74) is 0. The molecule has 0 aromatic rings. The van der Waals surface area contributed by atoms with Crippen molar-refractivity contribution in [1.29, 1.82) is 0 Å². The van der Waals surface area contributed by atoms with E-state index in [1.807, 2.05) is 0 Å². The number of carbonyl (C=O) groups excluding carboxylic acids is 4. The molecule has 0 rings (SSSR count). The van der Waals surface area contributed by atoms with E-state index in [0.717, 1.165) is 108 Å². The molecule has 0 spiro atoms. The Labute approximate surface area is 581 Å². The number of unbranched alkanes of at least 4 members (excludes halogenated alkanes) is 42. The van der Waals surface area contributed by atoms with Crippen molar-refractivity contribution < 1.29 is 80.2 Å². The summed E-state index contributed by atoms with van der Waals surface area (Å²) in [5, 5.41) is 10.6. The molecule has 2 unspecified atom stereocenters. The van der Waals surface area contributed by atoms with Gasteiger partial charge in [0.1, 0.15) is 19.3 Å². The molecule has 0 amide bonds. The lowest BCUT2D eigenvalue weighted by molar-refractivity contribution is -0.161. The highest BCUT2D eigenvalue weighted by atomic mass is 31.2. The maximum Gasteiger partial charge on any atom is 0.472 e. The van der Waals surface area contributed by atoms with Gasteiger partial charge in [0.25, 0.3) is 0 Å². The molecule has 0 aliphatic rings. The molecule has 0 bridgehead atoms. The second kappa shape index (κ2) is 66.6. The minimum absolute atomic E-state index is 0.105. The first-order valence-corrected chi connectivity index (χ1v) is 42.3. The first-order valence-electron chi connectivity index (χ1n) is 39.3. The number of esters is 4. The Morgan fingerprint density at radius 3 is 0.716 bits per heavy atom. The molecule has 95 heavy (non-hydrogen) atoms. The monoisotopic (exact) mass is 1400 g/mol. The smallest absolute Gasteiger partial charge is 0.462 e. The topological polar surface area (TPSA) is 237 Å². The molecule has 0 heterocycles. The highest BCUT2D eigenvalue weighted by Crippen LogP contribution is 2.45. The summed E-state index contributed by atoms with van der Waals surface area (Å²) in [7, 11) is -9.91. The summed E-state index contributed by atoms with van der Waals surface area (Å²) in [6.07, 6.45) is 52.9. The van der Waals surface area contributed by atoms with Crippen LogP contribution in [-0.2, 0) is 65.4 Å². The summed E-state index contributed by atoms with van der Waals surface area (Å²) in [6, 6.07) is 0. The summed E-state index contributed by atoms with van der Waals surface area (Å²) in [4.78, 5) is 72.8. The molecule has 5 atom stereocenters. The molecule has 0 saturated heterocycles. The molecule has 0 fully saturated rings. The predicted molar refractivity (Wildman–Crippen MR) is 386 cm³/mol. The quantitative estimate of drug-likeness (QED) is 0.0222. The fourth-order valence-electron chi connectivity index (χ4n) is 11.6. The van der Waals surface area contributed by atoms with Crippen molar-refractivity contribution in [2.75, 3.05) is 39.6 Å². The maximum absolute atomic E-state index is 13.1. The van der Waals surface area contributed by atoms with Gasteiger partial charge in [0.05, 0.1) is 26.4 Å². The SMILES string of the molecule is CCCCCCCCCCCCCCCCCCCCC(=O)O[C@H](COC(=O)CCCCCCCCCCCCCCC(C)C)COP(=O)(O)OC[C@@H](O)COP(=O)(O)OC[C@@H](COC(=O)CCCCCCCCC(C)C)OC(=O)CCCCCCCCCCCCC(C)C. The zero-order valence-corrected chi connectivity index (χ0v) is 63.9. The van der Waals surface area contributed by atoms with Crippen molar-refractivity contribution in [1.82, 2.24) is 0 Å². The van der Waals surface area contributed by atoms with Gasteiger partial charge in [-0.05, 0) is 43.4 Å². The van der Waals surface area contributed by atoms with Crippen LogP contribution in [0.2, 0.25) is 0 Å². The van der Waals surface area contributed by atoms with Gasteiger partial charge >= 0.3 is 39.5 Å². The zero-order valence-electron chi connectivity index (χ0n) is 62.1. The summed E-state index contributed by atoms with van der Waals surface area (Å²) in [5.74, 6) is 0.0935. The Kier molecular flexibility index (Phi) is 65.2. The van der Waals surface area contributed by atoms with Gasteiger partial charge in [-0.25, -0.2) is 9.13 Å². The first-order chi connectivity index (χ1) is 45.7. The Hall–Kier alpha value is -1.94. The Balaban J connectivity index is 5.23. The lowest BCUT2D eigenvalue weighted by atomic mass is 10.0. The van der Waals surface area contributed by atoms with E-state index in [2.05, 4.69) is 48.5 Å². The van der Waals surface area contributed by atoms with Gasteiger partial charge in [-0.15, -0.1) is 0 Å². The first kappa shape index (κ1) is 93.1. The third kappa shape index (κ3) is 70.3. The van der Waals surface area contributed by atoms with Crippen LogP contribution in [0.25, 0.3) is 0 Å². The Bertz CT molecular complexity index is 1850. The van der Waals surface area contributed by atoms with Crippen LogP contribution in [0.15, 0.2) is 0 Å². The Morgan fingerprint density at radius 2 is 0.484 bits per heavy atom. The standard InChI is InChI=1S/C76H148O17P2/c1-8-9-10-11-12-13-14-15-16-17-18-19-20-25-31-36-45-52-59-75(80)92-71(63-86-73(78)57-50-43-35-30-24-22-21-23-28-33-40-47-54-67(2)3)65-90-94(82,83)88-61-70(77)62-89-95(84,85)91-66-72(64-87-74(79)58-51-44-39-38-42-49-56-69(6)7)93-76(81)60-53-46-37-32-27-26-29-34-41-48-55-68(4)5/h67-72,77H,8-66H2,1-7H3,(H,82,83)(H,84,85)/t70-,71-,72-/m1/s1. The fourth-order valence-corrected chi connectivity index (χ4v) is 13.2. The van der Waals surface area contributed by atoms with Crippen LogP contribution in [0.5, 0.6) is 0 Å². The van der Waals surface area contributed by atoms with Crippen LogP contribution in [-0.4, -0.2) is 96.7 Å². The maximum atomic E-state index is 13.1. The minimum Gasteiger partial charge on any atom is -0.462 e. The number of ether oxygens (including phenoxy) is 4. The lowest BCUT2D eigenvalue weighted by Gasteiger charge is -2.21. The van der Waals surface area contributed by atoms with E-state index in [1.54, 1.807) is 0 Å². The zero-order chi connectivity index (χ0) is 70.1. The predicted octanol–water partition coefficient (Wildman–Crippen LogP) is 22.2. The van der Waals surface area contributed by atoms with Gasteiger partial charge in [0.2, 0.25) is 0 Å². The average Bonchev–Trinajstić information content (AvgIpc) is 2.71. The van der Waals surface area contributed by atoms with Crippen LogP contribution in [0.4, 0.5) is 0 Å². The van der Waals surface area contributed by atoms with Crippen LogP contribution in [0.1, 0.15) is 389 Å². The number of carbonyl (C=O) groups is 4. The third-order valence-electron chi connectivity index (χ3n) is 17.6. The third-order valence-corrected chi connectivity index (χ3v) is 19.5. The van der Waals surface area contributed by atoms with E-state index < -0.39 is 97.5 Å². The molecule has 564 valence electrons. The summed E-state index contributed by atoms with van der Waals surface area (Å²) >= 11 is 0. The van der Waals surface area contributed by atoms with Gasteiger partial charge in [0, 0.05) is 25.7 Å². The number of hydrogen-bond donors (Lipinski definition) is 3. The molecule has 0 aliphatic heterocycles. The van der Waals surface area contributed by atoms with E-state index in [9.17, 15) is 43.2 Å². The van der Waals surface area contributed by atoms with Gasteiger partial charge < -0.3 is 33.8 Å². The van der Waals surface area contributed by atoms with E-state index >= 15 is 0 Å². The minimum atomic E-state index is -4.96. The number of hydrogen-bond acceptors (Lipinski definition) is 15. The largest absolute Gasteiger partial charge is 0.472 e. The van der Waals surface area contributed by atoms with Crippen molar-refractivity contribution >= 4 is 39.5 Å². The molecular formula is C76H148O17P2. The molecule has 0 radical (unpaired) electrons. The summed E-state index contributed by atoms with van der Waals surface area (Å²) < 4.78 is 68.5. The van der Waals surface area contributed by atoms with Crippen LogP contribution < -0.4 is 0 Å². The highest BCUT2D eigenvalue weighted by molar-refractivity contribution is 7.47. The van der Waals surface area contributed by atoms with Gasteiger partial charge in [-0.2, -0.15) is 0 Å². The van der Waals surface area contributed by atoms with Crippen molar-refractivity contribution in [2.45, 2.75) is 407 Å². The molecule has 19 heteroatoms. The van der Waals surface area contributed by atoms with Gasteiger partial charge in [-0.3, -0.25) is 37.3 Å². The van der Waals surface area contributed by atoms with Crippen molar-refractivity contribution in [3.05, 3.63) is 0 Å². The number of rotatable bonds is 74. The normalized spacial score (nSPS) is 14.1. The number of aliphatic hydroxyl groups is 1. The van der Waals surface area contributed by atoms with Crippen molar-refractivity contribution in [3.63, 3.8) is 0 Å². The average molecular weight is 1400 g/mol. The summed E-state index contributed by atoms with van der Waals surface area (Å²) in [6.45, 7) is 11.8. The number of aliphatic hydroxyl groups excluding tert-OH is 1. The second-order valence-corrected chi connectivity index (χ2v) is 31.7. The van der Waals surface area contributed by atoms with Crippen molar-refractivity contribution in [2.24, 2.45) is 17.8 Å². The molecular weight excluding hydrogens is 1250 g/mol. The molecule has 0 saturated carbocycles. The van der Waals surface area contributed by atoms with Crippen molar-refractivity contribution in [3.8, 4) is 0 Å². The van der Waals surface area contributed by atoms with E-state index in [4.69, 9.17) is 37.0 Å². The van der Waals surface area contributed by atoms with Crippen LogP contribution in [0.3, 0.4) is 0 Å². The highest BCUT2D eigenvalue weighted by Gasteiger charge is 2.30. The Morgan fingerprint density at radius 1 is 0.284 bits per heavy atom. The fraction of sp³-hybridized carbons (Fsp3) is 0.947. The number of phosphoric acid groups is 2. The van der Waals surface area contributed by atoms with Gasteiger partial charge in [-0.1, -0.05) is 337 Å². The molecule has 0 aliphatic carbocycles.